The molecular weight excluding hydrogens is 282 g/mol. The van der Waals surface area contributed by atoms with Crippen LogP contribution in [0.3, 0.4) is 0 Å². The lowest BCUT2D eigenvalue weighted by Gasteiger charge is -2.35. The van der Waals surface area contributed by atoms with Gasteiger partial charge in [0.1, 0.15) is 5.70 Å². The normalized spacial score (nSPS) is 29.8. The highest BCUT2D eigenvalue weighted by Crippen LogP contribution is 2.25. The fourth-order valence-electron chi connectivity index (χ4n) is 3.04. The van der Waals surface area contributed by atoms with Crippen molar-refractivity contribution in [2.75, 3.05) is 19.6 Å². The molecule has 2 N–H and O–H groups in total. The van der Waals surface area contributed by atoms with E-state index in [4.69, 9.17) is 10.5 Å². The molecule has 2 fully saturated rings. The third-order valence-corrected chi connectivity index (χ3v) is 3.94. The molecule has 22 heavy (non-hydrogen) atoms. The number of amides is 1. The third kappa shape index (κ3) is 3.94. The van der Waals surface area contributed by atoms with Crippen LogP contribution in [0.4, 0.5) is 0 Å². The van der Waals surface area contributed by atoms with E-state index >= 15 is 0 Å². The SMILES string of the molecule is CC(=O)CN=C1CCC/C1=C(/N)C(=O)N1CC(C)OC(C)C1. The van der Waals surface area contributed by atoms with Gasteiger partial charge in [-0.1, -0.05) is 0 Å². The minimum atomic E-state index is -0.144. The van der Waals surface area contributed by atoms with Crippen molar-refractivity contribution in [3.05, 3.63) is 11.3 Å². The number of ketones is 1. The Morgan fingerprint density at radius 3 is 2.50 bits per heavy atom. The summed E-state index contributed by atoms with van der Waals surface area (Å²) in [4.78, 5) is 29.8. The number of hydrogen-bond acceptors (Lipinski definition) is 5. The second kappa shape index (κ2) is 7.05. The molecule has 2 rings (SSSR count). The van der Waals surface area contributed by atoms with Crippen LogP contribution >= 0.6 is 0 Å². The molecule has 1 aliphatic heterocycles. The Morgan fingerprint density at radius 2 is 1.91 bits per heavy atom. The lowest BCUT2D eigenvalue weighted by Crippen LogP contribution is -2.49. The van der Waals surface area contributed by atoms with Gasteiger partial charge in [0.25, 0.3) is 5.91 Å². The first-order valence-electron chi connectivity index (χ1n) is 7.85. The van der Waals surface area contributed by atoms with E-state index in [2.05, 4.69) is 4.99 Å². The summed E-state index contributed by atoms with van der Waals surface area (Å²) in [7, 11) is 0. The van der Waals surface area contributed by atoms with Crippen LogP contribution in [-0.4, -0.2) is 54.1 Å². The minimum absolute atomic E-state index is 0.0134. The molecule has 6 nitrogen and oxygen atoms in total. The number of aliphatic imine (C=N–C) groups is 1. The van der Waals surface area contributed by atoms with E-state index in [-0.39, 0.29) is 36.1 Å². The molecule has 1 saturated carbocycles. The van der Waals surface area contributed by atoms with Gasteiger partial charge in [-0.05, 0) is 40.0 Å². The van der Waals surface area contributed by atoms with Gasteiger partial charge < -0.3 is 15.4 Å². The van der Waals surface area contributed by atoms with Crippen LogP contribution in [0.2, 0.25) is 0 Å². The van der Waals surface area contributed by atoms with Crippen LogP contribution in [0, 0.1) is 0 Å². The van der Waals surface area contributed by atoms with Gasteiger partial charge in [0.05, 0.1) is 18.8 Å². The van der Waals surface area contributed by atoms with E-state index in [9.17, 15) is 9.59 Å². The van der Waals surface area contributed by atoms with Crippen molar-refractivity contribution in [1.29, 1.82) is 0 Å². The Balaban J connectivity index is 2.17. The Bertz CT molecular complexity index is 515. The average molecular weight is 307 g/mol. The van der Waals surface area contributed by atoms with Crippen LogP contribution in [-0.2, 0) is 14.3 Å². The van der Waals surface area contributed by atoms with Crippen molar-refractivity contribution in [3.8, 4) is 0 Å². The Hall–Kier alpha value is -1.69. The standard InChI is InChI=1S/C16H25N3O3/c1-10(20)7-18-14-6-4-5-13(14)15(17)16(21)19-8-11(2)22-12(3)9-19/h11-12H,4-9,17H2,1-3H3/b15-13-,18-14?. The highest BCUT2D eigenvalue weighted by Gasteiger charge is 2.29. The number of nitrogens with zero attached hydrogens (tertiary/aromatic N) is 2. The summed E-state index contributed by atoms with van der Waals surface area (Å²) in [6.45, 7) is 6.68. The number of Topliss-reactive ketones (excluding diaryl/α,β-unsaturated/α-hetero) is 1. The Morgan fingerprint density at radius 1 is 1.27 bits per heavy atom. The van der Waals surface area contributed by atoms with Gasteiger partial charge in [-0.25, -0.2) is 0 Å². The molecule has 1 saturated heterocycles. The van der Waals surface area contributed by atoms with Crippen molar-refractivity contribution < 1.29 is 14.3 Å². The largest absolute Gasteiger partial charge is 0.394 e. The molecular formula is C16H25N3O3. The molecule has 6 heteroatoms. The summed E-state index contributed by atoms with van der Waals surface area (Å²) in [5, 5.41) is 0. The zero-order valence-corrected chi connectivity index (χ0v) is 13.6. The molecule has 0 radical (unpaired) electrons. The fourth-order valence-corrected chi connectivity index (χ4v) is 3.04. The molecule has 1 aliphatic carbocycles. The maximum atomic E-state index is 12.6. The molecule has 2 aliphatic rings. The molecule has 0 spiro atoms. The predicted molar refractivity (Wildman–Crippen MR) is 84.6 cm³/mol. The number of carbonyl (C=O) groups is 2. The number of rotatable bonds is 3. The molecule has 2 unspecified atom stereocenters. The van der Waals surface area contributed by atoms with Crippen LogP contribution in [0.1, 0.15) is 40.0 Å². The first kappa shape index (κ1) is 16.7. The number of carbonyl (C=O) groups excluding carboxylic acids is 2. The van der Waals surface area contributed by atoms with Gasteiger partial charge >= 0.3 is 0 Å². The number of morpholine rings is 1. The number of hydrogen-bond donors (Lipinski definition) is 1. The van der Waals surface area contributed by atoms with Crippen molar-refractivity contribution in [2.45, 2.75) is 52.2 Å². The van der Waals surface area contributed by atoms with Gasteiger partial charge in [0.15, 0.2) is 5.78 Å². The molecule has 0 bridgehead atoms. The van der Waals surface area contributed by atoms with Crippen LogP contribution in [0.5, 0.6) is 0 Å². The average Bonchev–Trinajstić information content (AvgIpc) is 2.90. The third-order valence-electron chi connectivity index (χ3n) is 3.94. The van der Waals surface area contributed by atoms with Gasteiger partial charge in [0, 0.05) is 24.4 Å². The lowest BCUT2D eigenvalue weighted by molar-refractivity contribution is -0.139. The quantitative estimate of drug-likeness (QED) is 0.790. The minimum Gasteiger partial charge on any atom is -0.394 e. The highest BCUT2D eigenvalue weighted by molar-refractivity contribution is 6.09. The van der Waals surface area contributed by atoms with Gasteiger partial charge in [0.2, 0.25) is 0 Å². The number of allylic oxidation sites excluding steroid dienone is 1. The summed E-state index contributed by atoms with van der Waals surface area (Å²) in [5.41, 5.74) is 8.03. The summed E-state index contributed by atoms with van der Waals surface area (Å²) < 4.78 is 5.65. The van der Waals surface area contributed by atoms with Crippen molar-refractivity contribution in [1.82, 2.24) is 4.90 Å². The fraction of sp³-hybridized carbons (Fsp3) is 0.688. The van der Waals surface area contributed by atoms with E-state index in [0.29, 0.717) is 13.1 Å². The van der Waals surface area contributed by atoms with E-state index in [0.717, 1.165) is 30.5 Å². The van der Waals surface area contributed by atoms with Crippen molar-refractivity contribution in [3.63, 3.8) is 0 Å². The predicted octanol–water partition coefficient (Wildman–Crippen LogP) is 1.05. The molecule has 2 atom stereocenters. The highest BCUT2D eigenvalue weighted by atomic mass is 16.5. The number of ether oxygens (including phenoxy) is 1. The van der Waals surface area contributed by atoms with E-state index in [1.165, 1.54) is 6.92 Å². The molecule has 0 aromatic heterocycles. The van der Waals surface area contributed by atoms with E-state index in [1.54, 1.807) is 4.90 Å². The summed E-state index contributed by atoms with van der Waals surface area (Å²) in [6, 6.07) is 0. The van der Waals surface area contributed by atoms with Crippen LogP contribution < -0.4 is 5.73 Å². The Kier molecular flexibility index (Phi) is 5.34. The smallest absolute Gasteiger partial charge is 0.270 e. The van der Waals surface area contributed by atoms with Gasteiger partial charge in [-0.15, -0.1) is 0 Å². The van der Waals surface area contributed by atoms with Crippen LogP contribution in [0.15, 0.2) is 16.3 Å². The zero-order chi connectivity index (χ0) is 16.3. The van der Waals surface area contributed by atoms with Gasteiger partial charge in [-0.3, -0.25) is 14.6 Å². The molecule has 1 amide bonds. The first-order chi connectivity index (χ1) is 10.4. The van der Waals surface area contributed by atoms with Gasteiger partial charge in [-0.2, -0.15) is 0 Å². The number of nitrogens with two attached hydrogens (primary N) is 1. The molecule has 0 aromatic carbocycles. The Labute approximate surface area is 131 Å². The van der Waals surface area contributed by atoms with Crippen molar-refractivity contribution >= 4 is 17.4 Å². The lowest BCUT2D eigenvalue weighted by atomic mass is 10.1. The summed E-state index contributed by atoms with van der Waals surface area (Å²) in [5.74, 6) is -0.131. The topological polar surface area (TPSA) is 85.0 Å². The maximum absolute atomic E-state index is 12.6. The zero-order valence-electron chi connectivity index (χ0n) is 13.6. The molecule has 0 aromatic rings. The summed E-state index contributed by atoms with van der Waals surface area (Å²) >= 11 is 0. The van der Waals surface area contributed by atoms with Crippen LogP contribution in [0.25, 0.3) is 0 Å². The summed E-state index contributed by atoms with van der Waals surface area (Å²) in [6.07, 6.45) is 2.49. The van der Waals surface area contributed by atoms with Crippen molar-refractivity contribution in [2.24, 2.45) is 10.7 Å². The second-order valence-electron chi connectivity index (χ2n) is 6.18. The second-order valence-corrected chi connectivity index (χ2v) is 6.18. The maximum Gasteiger partial charge on any atom is 0.270 e. The first-order valence-corrected chi connectivity index (χ1v) is 7.85. The molecule has 122 valence electrons. The van der Waals surface area contributed by atoms with E-state index in [1.807, 2.05) is 13.8 Å². The van der Waals surface area contributed by atoms with E-state index < -0.39 is 0 Å². The molecule has 1 heterocycles. The monoisotopic (exact) mass is 307 g/mol.